The SMILES string of the molecule is CC(C)[n+]1[c-]n(-c2cccc3c2c2cccc4c5ccccc5n3c42)cc1. The Hall–Kier alpha value is -3.33. The quantitative estimate of drug-likeness (QED) is 0.297. The summed E-state index contributed by atoms with van der Waals surface area (Å²) in [6.07, 6.45) is 7.66. The van der Waals surface area contributed by atoms with Gasteiger partial charge in [0.05, 0.1) is 22.8 Å². The third-order valence-corrected chi connectivity index (χ3v) is 5.64. The van der Waals surface area contributed by atoms with Gasteiger partial charge in [-0.15, -0.1) is 0 Å². The van der Waals surface area contributed by atoms with Crippen LogP contribution in [0.15, 0.2) is 73.1 Å². The lowest BCUT2D eigenvalue weighted by molar-refractivity contribution is -0.719. The van der Waals surface area contributed by atoms with Gasteiger partial charge in [-0.3, -0.25) is 0 Å². The molecule has 0 aliphatic rings. The van der Waals surface area contributed by atoms with Crippen molar-refractivity contribution in [2.24, 2.45) is 0 Å². The van der Waals surface area contributed by atoms with Gasteiger partial charge in [-0.2, -0.15) is 0 Å². The summed E-state index contributed by atoms with van der Waals surface area (Å²) in [4.78, 5) is 0. The number of rotatable bonds is 2. The smallest absolute Gasteiger partial charge is 0.243 e. The molecule has 0 aliphatic heterocycles. The molecule has 130 valence electrons. The van der Waals surface area contributed by atoms with Crippen molar-refractivity contribution in [3.63, 3.8) is 0 Å². The van der Waals surface area contributed by atoms with Crippen molar-refractivity contribution in [2.75, 3.05) is 0 Å². The first kappa shape index (κ1) is 14.8. The van der Waals surface area contributed by atoms with E-state index >= 15 is 0 Å². The molecule has 0 atom stereocenters. The van der Waals surface area contributed by atoms with E-state index in [9.17, 15) is 0 Å². The zero-order valence-electron chi connectivity index (χ0n) is 15.3. The Kier molecular flexibility index (Phi) is 2.80. The predicted octanol–water partition coefficient (Wildman–Crippen LogP) is 5.30. The van der Waals surface area contributed by atoms with Crippen LogP contribution >= 0.6 is 0 Å². The van der Waals surface area contributed by atoms with Gasteiger partial charge in [0.25, 0.3) is 0 Å². The van der Waals surface area contributed by atoms with E-state index in [2.05, 4.69) is 107 Å². The van der Waals surface area contributed by atoms with Crippen LogP contribution in [0.4, 0.5) is 0 Å². The number of nitrogens with zero attached hydrogens (tertiary/aromatic N) is 3. The Morgan fingerprint density at radius 1 is 0.815 bits per heavy atom. The molecule has 0 saturated heterocycles. The van der Waals surface area contributed by atoms with Gasteiger partial charge in [0.15, 0.2) is 0 Å². The van der Waals surface area contributed by atoms with E-state index in [1.165, 1.54) is 43.8 Å². The van der Waals surface area contributed by atoms with Crippen molar-refractivity contribution in [3.8, 4) is 5.69 Å². The molecule has 0 radical (unpaired) electrons. The minimum absolute atomic E-state index is 0.393. The third kappa shape index (κ3) is 1.83. The van der Waals surface area contributed by atoms with Crippen LogP contribution < -0.4 is 4.57 Å². The maximum Gasteiger partial charge on any atom is 0.243 e. The monoisotopic (exact) mass is 349 g/mol. The molecular weight excluding hydrogens is 330 g/mol. The highest BCUT2D eigenvalue weighted by atomic mass is 15.1. The average Bonchev–Trinajstić information content (AvgIpc) is 3.39. The summed E-state index contributed by atoms with van der Waals surface area (Å²) in [5, 5.41) is 5.22. The molecule has 0 saturated carbocycles. The number of imidazole rings is 1. The largest absolute Gasteiger partial charge is 0.325 e. The highest BCUT2D eigenvalue weighted by Gasteiger charge is 2.18. The van der Waals surface area contributed by atoms with Crippen molar-refractivity contribution in [1.82, 2.24) is 8.97 Å². The molecule has 3 nitrogen and oxygen atoms in total. The van der Waals surface area contributed by atoms with E-state index in [-0.39, 0.29) is 0 Å². The van der Waals surface area contributed by atoms with Gasteiger partial charge < -0.3 is 13.5 Å². The Labute approximate surface area is 157 Å². The molecule has 3 heterocycles. The fourth-order valence-electron chi connectivity index (χ4n) is 4.41. The first-order valence-electron chi connectivity index (χ1n) is 9.42. The normalized spacial score (nSPS) is 12.4. The Morgan fingerprint density at radius 2 is 1.56 bits per heavy atom. The summed E-state index contributed by atoms with van der Waals surface area (Å²) < 4.78 is 6.65. The van der Waals surface area contributed by atoms with Crippen molar-refractivity contribution in [3.05, 3.63) is 79.4 Å². The molecular formula is C24H19N3. The number of benzene rings is 3. The van der Waals surface area contributed by atoms with Crippen LogP contribution in [0.3, 0.4) is 0 Å². The maximum atomic E-state index is 3.47. The summed E-state index contributed by atoms with van der Waals surface area (Å²) in [6, 6.07) is 22.3. The van der Waals surface area contributed by atoms with E-state index in [4.69, 9.17) is 0 Å². The lowest BCUT2D eigenvalue weighted by Crippen LogP contribution is -2.33. The fraction of sp³-hybridized carbons (Fsp3) is 0.125. The molecule has 0 amide bonds. The van der Waals surface area contributed by atoms with Crippen LogP contribution in [0.5, 0.6) is 0 Å². The topological polar surface area (TPSA) is 13.2 Å². The molecule has 0 aliphatic carbocycles. The van der Waals surface area contributed by atoms with Crippen LogP contribution in [-0.4, -0.2) is 8.97 Å². The molecule has 27 heavy (non-hydrogen) atoms. The summed E-state index contributed by atoms with van der Waals surface area (Å²) in [5.41, 5.74) is 5.00. The number of hydrogen-bond acceptors (Lipinski definition) is 0. The first-order valence-corrected chi connectivity index (χ1v) is 9.42. The molecule has 0 bridgehead atoms. The van der Waals surface area contributed by atoms with E-state index < -0.39 is 0 Å². The van der Waals surface area contributed by atoms with Gasteiger partial charge in [-0.25, -0.2) is 0 Å². The van der Waals surface area contributed by atoms with Crippen molar-refractivity contribution >= 4 is 38.1 Å². The van der Waals surface area contributed by atoms with Crippen LogP contribution in [0.1, 0.15) is 19.9 Å². The second-order valence-electron chi connectivity index (χ2n) is 7.49. The molecule has 0 fully saturated rings. The molecule has 0 spiro atoms. The van der Waals surface area contributed by atoms with Crippen molar-refractivity contribution < 1.29 is 4.57 Å². The second kappa shape index (κ2) is 5.10. The van der Waals surface area contributed by atoms with Gasteiger partial charge in [0.2, 0.25) is 6.33 Å². The Balaban J connectivity index is 1.81. The average molecular weight is 349 g/mol. The van der Waals surface area contributed by atoms with Crippen molar-refractivity contribution in [1.29, 1.82) is 0 Å². The first-order chi connectivity index (χ1) is 13.2. The van der Waals surface area contributed by atoms with Gasteiger partial charge in [0, 0.05) is 39.5 Å². The summed E-state index contributed by atoms with van der Waals surface area (Å²) in [5.74, 6) is 0. The van der Waals surface area contributed by atoms with E-state index in [0.717, 1.165) is 0 Å². The van der Waals surface area contributed by atoms with Crippen molar-refractivity contribution in [2.45, 2.75) is 19.9 Å². The van der Waals surface area contributed by atoms with Crippen LogP contribution in [0.2, 0.25) is 0 Å². The standard InChI is InChI=1S/C24H19N3/c1-16(2)25-13-14-26(15-25)21-11-6-12-22-23(21)19-9-5-8-18-17-7-3-4-10-20(17)27(22)24(18)19/h3-14,16H,1-2H3. The van der Waals surface area contributed by atoms with Gasteiger partial charge in [0.1, 0.15) is 0 Å². The predicted molar refractivity (Wildman–Crippen MR) is 110 cm³/mol. The lowest BCUT2D eigenvalue weighted by atomic mass is 10.1. The Morgan fingerprint density at radius 3 is 2.41 bits per heavy atom. The fourth-order valence-corrected chi connectivity index (χ4v) is 4.41. The van der Waals surface area contributed by atoms with Gasteiger partial charge in [-0.05, 0) is 26.0 Å². The maximum absolute atomic E-state index is 3.47. The zero-order valence-corrected chi connectivity index (χ0v) is 15.3. The zero-order chi connectivity index (χ0) is 18.1. The number of aromatic nitrogens is 3. The highest BCUT2D eigenvalue weighted by molar-refractivity contribution is 6.24. The van der Waals surface area contributed by atoms with Gasteiger partial charge in [-0.1, -0.05) is 48.5 Å². The second-order valence-corrected chi connectivity index (χ2v) is 7.49. The molecule has 3 heteroatoms. The van der Waals surface area contributed by atoms with E-state index in [1.807, 2.05) is 0 Å². The Bertz CT molecular complexity index is 1450. The third-order valence-electron chi connectivity index (χ3n) is 5.64. The van der Waals surface area contributed by atoms with E-state index in [0.29, 0.717) is 6.04 Å². The molecule has 6 aromatic rings. The number of hydrogen-bond donors (Lipinski definition) is 0. The lowest BCUT2D eigenvalue weighted by Gasteiger charge is -2.07. The molecule has 3 aromatic heterocycles. The van der Waals surface area contributed by atoms with Crippen LogP contribution in [-0.2, 0) is 0 Å². The summed E-state index contributed by atoms with van der Waals surface area (Å²) >= 11 is 0. The van der Waals surface area contributed by atoms with Gasteiger partial charge >= 0.3 is 0 Å². The minimum atomic E-state index is 0.393. The molecule has 6 rings (SSSR count). The highest BCUT2D eigenvalue weighted by Crippen LogP contribution is 2.40. The number of para-hydroxylation sites is 2. The molecule has 3 aromatic carbocycles. The summed E-state index contributed by atoms with van der Waals surface area (Å²) in [7, 11) is 0. The molecule has 0 unspecified atom stereocenters. The van der Waals surface area contributed by atoms with Crippen LogP contribution in [0.25, 0.3) is 43.8 Å². The molecule has 0 N–H and O–H groups in total. The van der Waals surface area contributed by atoms with E-state index in [1.54, 1.807) is 0 Å². The number of fused-ring (bicyclic) bond motifs is 6. The minimum Gasteiger partial charge on any atom is -0.325 e. The summed E-state index contributed by atoms with van der Waals surface area (Å²) in [6.45, 7) is 4.35. The van der Waals surface area contributed by atoms with Crippen LogP contribution in [0, 0.1) is 6.33 Å².